The Labute approximate surface area is 138 Å². The number of carbonyl (C=O) groups is 2. The quantitative estimate of drug-likeness (QED) is 0.709. The van der Waals surface area contributed by atoms with Crippen LogP contribution in [0.1, 0.15) is 12.8 Å². The number of anilines is 1. The van der Waals surface area contributed by atoms with Gasteiger partial charge in [0.05, 0.1) is 16.9 Å². The smallest absolute Gasteiger partial charge is 0.328 e. The summed E-state index contributed by atoms with van der Waals surface area (Å²) < 4.78 is 0. The highest BCUT2D eigenvalue weighted by molar-refractivity contribution is 6.30. The average molecular weight is 340 g/mol. The molecular weight excluding hydrogens is 322 g/mol. The molecule has 0 amide bonds. The maximum Gasteiger partial charge on any atom is 0.328 e. The third kappa shape index (κ3) is 4.67. The van der Waals surface area contributed by atoms with Gasteiger partial charge in [0, 0.05) is 37.0 Å². The molecule has 0 spiro atoms. The topological polar surface area (TPSA) is 117 Å². The summed E-state index contributed by atoms with van der Waals surface area (Å²) in [7, 11) is 0. The molecule has 124 valence electrons. The minimum Gasteiger partial charge on any atom is -0.478 e. The summed E-state index contributed by atoms with van der Waals surface area (Å²) in [5.41, 5.74) is 6.92. The number of nitrogens with zero attached hydrogens (tertiary/aromatic N) is 2. The summed E-state index contributed by atoms with van der Waals surface area (Å²) in [5.74, 6) is -1.66. The summed E-state index contributed by atoms with van der Waals surface area (Å²) in [5, 5.41) is 16.3. The van der Waals surface area contributed by atoms with Crippen molar-refractivity contribution in [3.8, 4) is 0 Å². The molecule has 1 aromatic rings. The molecule has 4 N–H and O–H groups in total. The first-order chi connectivity index (χ1) is 10.9. The molecule has 0 aromatic carbocycles. The van der Waals surface area contributed by atoms with Gasteiger partial charge in [-0.1, -0.05) is 11.6 Å². The van der Waals surface area contributed by atoms with E-state index in [-0.39, 0.29) is 0 Å². The number of aromatic nitrogens is 1. The molecule has 3 unspecified atom stereocenters. The minimum absolute atomic E-state index is 0.481. The van der Waals surface area contributed by atoms with Crippen LogP contribution in [0.25, 0.3) is 0 Å². The van der Waals surface area contributed by atoms with Gasteiger partial charge in [0.15, 0.2) is 0 Å². The van der Waals surface area contributed by atoms with Gasteiger partial charge in [-0.15, -0.1) is 0 Å². The van der Waals surface area contributed by atoms with E-state index in [1.165, 1.54) is 12.8 Å². The van der Waals surface area contributed by atoms with Gasteiger partial charge >= 0.3 is 11.9 Å². The van der Waals surface area contributed by atoms with E-state index in [2.05, 4.69) is 9.88 Å². The van der Waals surface area contributed by atoms with E-state index in [9.17, 15) is 9.59 Å². The van der Waals surface area contributed by atoms with Gasteiger partial charge in [-0.05, 0) is 24.8 Å². The summed E-state index contributed by atoms with van der Waals surface area (Å²) in [6.45, 7) is 0.722. The number of fused-ring (bicyclic) bond motifs is 1. The number of carboxylic acid groups (broad SMARTS) is 2. The van der Waals surface area contributed by atoms with E-state index >= 15 is 0 Å². The maximum atomic E-state index is 9.55. The Hall–Kier alpha value is -2.12. The Kier molecular flexibility index (Phi) is 5.57. The van der Waals surface area contributed by atoms with Gasteiger partial charge in [-0.2, -0.15) is 0 Å². The fourth-order valence-electron chi connectivity index (χ4n) is 2.86. The van der Waals surface area contributed by atoms with Gasteiger partial charge in [-0.3, -0.25) is 4.98 Å². The fourth-order valence-corrected chi connectivity index (χ4v) is 3.02. The van der Waals surface area contributed by atoms with Crippen molar-refractivity contribution in [1.29, 1.82) is 0 Å². The van der Waals surface area contributed by atoms with Crippen LogP contribution in [0.5, 0.6) is 0 Å². The van der Waals surface area contributed by atoms with Crippen LogP contribution < -0.4 is 10.6 Å². The zero-order valence-corrected chi connectivity index (χ0v) is 13.1. The molecule has 1 saturated carbocycles. The number of rotatable bonds is 4. The van der Waals surface area contributed by atoms with Crippen molar-refractivity contribution in [2.75, 3.05) is 11.4 Å². The van der Waals surface area contributed by atoms with E-state index in [4.69, 9.17) is 27.5 Å². The van der Waals surface area contributed by atoms with E-state index < -0.39 is 11.9 Å². The molecule has 23 heavy (non-hydrogen) atoms. The van der Waals surface area contributed by atoms with Crippen molar-refractivity contribution in [1.82, 2.24) is 4.98 Å². The first-order valence-corrected chi connectivity index (χ1v) is 7.53. The number of hydrogen-bond acceptors (Lipinski definition) is 5. The molecule has 2 fully saturated rings. The predicted octanol–water partition coefficient (Wildman–Crippen LogP) is 1.37. The fraction of sp³-hybridized carbons (Fsp3) is 0.400. The Balaban J connectivity index is 0.000000207. The number of carboxylic acids is 2. The second kappa shape index (κ2) is 7.43. The molecule has 3 rings (SSSR count). The van der Waals surface area contributed by atoms with Gasteiger partial charge in [0.25, 0.3) is 0 Å². The number of nitrogens with two attached hydrogens (primary N) is 1. The molecule has 0 bridgehead atoms. The second-order valence-electron chi connectivity index (χ2n) is 5.47. The zero-order valence-electron chi connectivity index (χ0n) is 12.3. The number of piperidine rings is 1. The lowest BCUT2D eigenvalue weighted by molar-refractivity contribution is -0.134. The molecule has 1 aliphatic heterocycles. The van der Waals surface area contributed by atoms with Crippen molar-refractivity contribution in [3.05, 3.63) is 35.6 Å². The third-order valence-corrected chi connectivity index (χ3v) is 4.05. The highest BCUT2D eigenvalue weighted by Gasteiger charge is 2.51. The lowest BCUT2D eigenvalue weighted by Gasteiger charge is -2.28. The zero-order chi connectivity index (χ0) is 17.0. The molecule has 1 aliphatic carbocycles. The molecule has 2 heterocycles. The Morgan fingerprint density at radius 2 is 1.96 bits per heavy atom. The third-order valence-electron chi connectivity index (χ3n) is 3.84. The van der Waals surface area contributed by atoms with Gasteiger partial charge in [-0.25, -0.2) is 9.59 Å². The van der Waals surface area contributed by atoms with Crippen LogP contribution in [-0.2, 0) is 9.59 Å². The SMILES string of the molecule is NCC1CC2CC2N1c1cncc(Cl)c1.O=C(O)C=CC(=O)O. The predicted molar refractivity (Wildman–Crippen MR) is 85.5 cm³/mol. The highest BCUT2D eigenvalue weighted by atomic mass is 35.5. The van der Waals surface area contributed by atoms with Crippen molar-refractivity contribution in [2.24, 2.45) is 11.7 Å². The molecule has 1 saturated heterocycles. The van der Waals surface area contributed by atoms with E-state index in [0.717, 1.165) is 18.2 Å². The van der Waals surface area contributed by atoms with Crippen LogP contribution in [0, 0.1) is 5.92 Å². The number of halogens is 1. The lowest BCUT2D eigenvalue weighted by Crippen LogP contribution is -2.38. The van der Waals surface area contributed by atoms with Crippen molar-refractivity contribution < 1.29 is 19.8 Å². The van der Waals surface area contributed by atoms with E-state index in [1.54, 1.807) is 6.20 Å². The monoisotopic (exact) mass is 339 g/mol. The first-order valence-electron chi connectivity index (χ1n) is 7.15. The summed E-state index contributed by atoms with van der Waals surface area (Å²) in [6, 6.07) is 3.16. The van der Waals surface area contributed by atoms with Gasteiger partial charge < -0.3 is 20.8 Å². The Bertz CT molecular complexity index is 606. The van der Waals surface area contributed by atoms with Crippen LogP contribution >= 0.6 is 11.6 Å². The van der Waals surface area contributed by atoms with Crippen molar-refractivity contribution >= 4 is 29.2 Å². The van der Waals surface area contributed by atoms with Crippen LogP contribution in [0.3, 0.4) is 0 Å². The van der Waals surface area contributed by atoms with Crippen LogP contribution in [0.2, 0.25) is 5.02 Å². The molecular formula is C15H18ClN3O4. The highest BCUT2D eigenvalue weighted by Crippen LogP contribution is 2.49. The normalized spacial score (nSPS) is 24.8. The van der Waals surface area contributed by atoms with Crippen LogP contribution in [0.4, 0.5) is 5.69 Å². The molecule has 0 radical (unpaired) electrons. The van der Waals surface area contributed by atoms with Crippen LogP contribution in [0.15, 0.2) is 30.6 Å². The first kappa shape index (κ1) is 17.2. The largest absolute Gasteiger partial charge is 0.478 e. The number of aliphatic carboxylic acids is 2. The number of pyridine rings is 1. The van der Waals surface area contributed by atoms with Gasteiger partial charge in [0.2, 0.25) is 0 Å². The van der Waals surface area contributed by atoms with Crippen LogP contribution in [-0.4, -0.2) is 45.8 Å². The lowest BCUT2D eigenvalue weighted by atomic mass is 10.1. The van der Waals surface area contributed by atoms with Gasteiger partial charge in [0.1, 0.15) is 0 Å². The average Bonchev–Trinajstić information content (AvgIpc) is 3.16. The Morgan fingerprint density at radius 3 is 2.48 bits per heavy atom. The molecule has 3 atom stereocenters. The molecule has 8 heteroatoms. The standard InChI is InChI=1S/C11H14ClN3.C4H4O4/c12-8-3-10(6-14-5-8)15-9(4-13)1-7-2-11(7)15;5-3(6)1-2-4(7)8/h3,5-7,9,11H,1-2,4,13H2;1-2H,(H,5,6)(H,7,8). The number of hydrogen-bond donors (Lipinski definition) is 3. The maximum absolute atomic E-state index is 9.55. The summed E-state index contributed by atoms with van der Waals surface area (Å²) in [4.78, 5) is 25.6. The minimum atomic E-state index is -1.26. The molecule has 7 nitrogen and oxygen atoms in total. The second-order valence-corrected chi connectivity index (χ2v) is 5.90. The summed E-state index contributed by atoms with van der Waals surface area (Å²) >= 11 is 5.96. The summed E-state index contributed by atoms with van der Waals surface area (Å²) in [6.07, 6.45) is 7.21. The van der Waals surface area contributed by atoms with Crippen molar-refractivity contribution in [3.63, 3.8) is 0 Å². The van der Waals surface area contributed by atoms with E-state index in [1.807, 2.05) is 12.3 Å². The molecule has 2 aliphatic rings. The molecule has 1 aromatic heterocycles. The Morgan fingerprint density at radius 1 is 1.30 bits per heavy atom. The van der Waals surface area contributed by atoms with E-state index in [0.29, 0.717) is 29.3 Å². The van der Waals surface area contributed by atoms with Crippen molar-refractivity contribution in [2.45, 2.75) is 24.9 Å².